The van der Waals surface area contributed by atoms with Crippen LogP contribution in [0.2, 0.25) is 0 Å². The van der Waals surface area contributed by atoms with E-state index in [1.54, 1.807) is 61.7 Å². The average Bonchev–Trinajstić information content (AvgIpc) is 3.06. The number of esters is 1. The number of benzene rings is 2. The predicted octanol–water partition coefficient (Wildman–Crippen LogP) is 2.67. The van der Waals surface area contributed by atoms with Crippen molar-refractivity contribution in [1.82, 2.24) is 9.55 Å². The summed E-state index contributed by atoms with van der Waals surface area (Å²) in [6.45, 7) is 3.67. The molecule has 0 atom stereocenters. The maximum Gasteiger partial charge on any atom is 0.338 e. The summed E-state index contributed by atoms with van der Waals surface area (Å²) in [6.07, 6.45) is 1.60. The van der Waals surface area contributed by atoms with E-state index in [9.17, 15) is 14.4 Å². The summed E-state index contributed by atoms with van der Waals surface area (Å²) in [5, 5.41) is 2.66. The third-order valence-corrected chi connectivity index (χ3v) is 4.12. The number of carbonyl (C=O) groups excluding carboxylic acids is 2. The molecule has 0 aliphatic rings. The van der Waals surface area contributed by atoms with Gasteiger partial charge in [0.2, 0.25) is 0 Å². The molecule has 1 amide bonds. The zero-order valence-corrected chi connectivity index (χ0v) is 16.1. The van der Waals surface area contributed by atoms with Crippen LogP contribution in [0.1, 0.15) is 23.0 Å². The molecule has 3 aromatic rings. The van der Waals surface area contributed by atoms with E-state index < -0.39 is 18.5 Å². The van der Waals surface area contributed by atoms with Crippen molar-refractivity contribution in [3.8, 4) is 11.4 Å². The number of imidazole rings is 1. The number of anilines is 1. The number of aromatic amines is 1. The molecule has 0 aliphatic carbocycles. The van der Waals surface area contributed by atoms with Crippen LogP contribution >= 0.6 is 0 Å². The highest BCUT2D eigenvalue weighted by atomic mass is 16.5. The number of para-hydroxylation sites is 2. The minimum Gasteiger partial charge on any atom is -0.492 e. The first-order valence-corrected chi connectivity index (χ1v) is 9.06. The highest BCUT2D eigenvalue weighted by Crippen LogP contribution is 2.23. The molecule has 29 heavy (non-hydrogen) atoms. The summed E-state index contributed by atoms with van der Waals surface area (Å²) in [7, 11) is 0. The van der Waals surface area contributed by atoms with Gasteiger partial charge in [0.25, 0.3) is 5.91 Å². The molecule has 0 saturated heterocycles. The van der Waals surface area contributed by atoms with Gasteiger partial charge in [-0.3, -0.25) is 9.36 Å². The number of hydrogen-bond acceptors (Lipinski definition) is 5. The van der Waals surface area contributed by atoms with Crippen LogP contribution in [-0.2, 0) is 9.53 Å². The lowest BCUT2D eigenvalue weighted by atomic mass is 10.2. The van der Waals surface area contributed by atoms with Crippen LogP contribution in [0, 0.1) is 6.92 Å². The minimum absolute atomic E-state index is 0.262. The number of hydrogen-bond donors (Lipinski definition) is 2. The fourth-order valence-electron chi connectivity index (χ4n) is 2.77. The minimum atomic E-state index is -0.636. The lowest BCUT2D eigenvalue weighted by Crippen LogP contribution is -2.21. The molecule has 8 heteroatoms. The molecule has 0 radical (unpaired) electrons. The standard InChI is InChI=1S/C21H21N3O5/c1-3-28-18-7-5-4-6-17(18)23-19(25)13-29-20(26)15-8-10-16(11-9-15)24-14(2)12-22-21(24)27/h4-12H,3,13H2,1-2H3,(H,22,27)(H,23,25). The molecule has 0 fully saturated rings. The van der Waals surface area contributed by atoms with E-state index in [2.05, 4.69) is 10.3 Å². The van der Waals surface area contributed by atoms with Gasteiger partial charge in [-0.1, -0.05) is 12.1 Å². The Morgan fingerprint density at radius 3 is 2.48 bits per heavy atom. The lowest BCUT2D eigenvalue weighted by Gasteiger charge is -2.11. The van der Waals surface area contributed by atoms with Crippen molar-refractivity contribution in [1.29, 1.82) is 0 Å². The molecule has 0 bridgehead atoms. The molecule has 2 aromatic carbocycles. The molecule has 0 unspecified atom stereocenters. The number of carbonyl (C=O) groups is 2. The van der Waals surface area contributed by atoms with Gasteiger partial charge in [0.1, 0.15) is 5.75 Å². The topological polar surface area (TPSA) is 102 Å². The summed E-state index contributed by atoms with van der Waals surface area (Å²) in [5.74, 6) is -0.569. The van der Waals surface area contributed by atoms with Gasteiger partial charge in [-0.05, 0) is 50.2 Å². The van der Waals surface area contributed by atoms with Crippen molar-refractivity contribution in [2.45, 2.75) is 13.8 Å². The van der Waals surface area contributed by atoms with E-state index in [-0.39, 0.29) is 11.3 Å². The molecular formula is C21H21N3O5. The zero-order chi connectivity index (χ0) is 20.8. The Balaban J connectivity index is 1.59. The fourth-order valence-corrected chi connectivity index (χ4v) is 2.77. The Morgan fingerprint density at radius 1 is 1.10 bits per heavy atom. The van der Waals surface area contributed by atoms with Crippen LogP contribution < -0.4 is 15.7 Å². The van der Waals surface area contributed by atoms with Crippen molar-refractivity contribution in [2.75, 3.05) is 18.5 Å². The molecule has 0 spiro atoms. The molecule has 0 saturated carbocycles. The van der Waals surface area contributed by atoms with Gasteiger partial charge < -0.3 is 19.8 Å². The van der Waals surface area contributed by atoms with Crippen LogP contribution in [-0.4, -0.2) is 34.6 Å². The van der Waals surface area contributed by atoms with Gasteiger partial charge in [0, 0.05) is 11.9 Å². The molecule has 1 heterocycles. The summed E-state index contributed by atoms with van der Waals surface area (Å²) < 4.78 is 12.0. The molecule has 3 rings (SSSR count). The quantitative estimate of drug-likeness (QED) is 0.599. The molecule has 8 nitrogen and oxygen atoms in total. The van der Waals surface area contributed by atoms with Crippen molar-refractivity contribution in [2.24, 2.45) is 0 Å². The molecule has 1 aromatic heterocycles. The third-order valence-electron chi connectivity index (χ3n) is 4.12. The van der Waals surface area contributed by atoms with Gasteiger partial charge in [-0.15, -0.1) is 0 Å². The SMILES string of the molecule is CCOc1ccccc1NC(=O)COC(=O)c1ccc(-n2c(C)c[nH]c2=O)cc1. The first-order valence-electron chi connectivity index (χ1n) is 9.06. The Bertz CT molecular complexity index is 1070. The van der Waals surface area contributed by atoms with Crippen LogP contribution in [0.25, 0.3) is 5.69 Å². The number of rotatable bonds is 7. The third kappa shape index (κ3) is 4.73. The molecular weight excluding hydrogens is 374 g/mol. The molecule has 0 aliphatic heterocycles. The van der Waals surface area contributed by atoms with E-state index in [1.807, 2.05) is 6.92 Å². The second kappa shape index (κ2) is 8.92. The van der Waals surface area contributed by atoms with E-state index in [1.165, 1.54) is 4.57 Å². The largest absolute Gasteiger partial charge is 0.492 e. The van der Waals surface area contributed by atoms with Gasteiger partial charge in [0.05, 0.1) is 23.5 Å². The highest BCUT2D eigenvalue weighted by Gasteiger charge is 2.13. The maximum absolute atomic E-state index is 12.2. The van der Waals surface area contributed by atoms with E-state index in [0.717, 1.165) is 5.69 Å². The van der Waals surface area contributed by atoms with Crippen molar-refractivity contribution in [3.63, 3.8) is 0 Å². The summed E-state index contributed by atoms with van der Waals surface area (Å²) in [6, 6.07) is 13.4. The zero-order valence-electron chi connectivity index (χ0n) is 16.1. The molecule has 150 valence electrons. The Labute approximate surface area is 167 Å². The number of amides is 1. The van der Waals surface area contributed by atoms with Crippen molar-refractivity contribution < 1.29 is 19.1 Å². The number of nitrogens with zero attached hydrogens (tertiary/aromatic N) is 1. The first-order chi connectivity index (χ1) is 14.0. The number of H-pyrrole nitrogens is 1. The molecule has 2 N–H and O–H groups in total. The monoisotopic (exact) mass is 395 g/mol. The first kappa shape index (κ1) is 19.9. The Hall–Kier alpha value is -3.81. The van der Waals surface area contributed by atoms with E-state index in [4.69, 9.17) is 9.47 Å². The smallest absolute Gasteiger partial charge is 0.338 e. The van der Waals surface area contributed by atoms with Gasteiger partial charge in [-0.2, -0.15) is 0 Å². The van der Waals surface area contributed by atoms with Crippen LogP contribution in [0.5, 0.6) is 5.75 Å². The summed E-state index contributed by atoms with van der Waals surface area (Å²) >= 11 is 0. The lowest BCUT2D eigenvalue weighted by molar-refractivity contribution is -0.119. The Morgan fingerprint density at radius 2 is 1.83 bits per heavy atom. The number of ether oxygens (including phenoxy) is 2. The highest BCUT2D eigenvalue weighted by molar-refractivity contribution is 5.96. The fraction of sp³-hybridized carbons (Fsp3) is 0.190. The van der Waals surface area contributed by atoms with E-state index >= 15 is 0 Å². The van der Waals surface area contributed by atoms with Gasteiger partial charge in [-0.25, -0.2) is 9.59 Å². The van der Waals surface area contributed by atoms with E-state index in [0.29, 0.717) is 23.7 Å². The Kier molecular flexibility index (Phi) is 6.13. The van der Waals surface area contributed by atoms with Gasteiger partial charge >= 0.3 is 11.7 Å². The van der Waals surface area contributed by atoms with Crippen LogP contribution in [0.3, 0.4) is 0 Å². The summed E-state index contributed by atoms with van der Waals surface area (Å²) in [4.78, 5) is 38.7. The maximum atomic E-state index is 12.2. The van der Waals surface area contributed by atoms with Gasteiger partial charge in [0.15, 0.2) is 6.61 Å². The van der Waals surface area contributed by atoms with Crippen molar-refractivity contribution in [3.05, 3.63) is 76.5 Å². The predicted molar refractivity (Wildman–Crippen MR) is 108 cm³/mol. The number of nitrogens with one attached hydrogen (secondary N) is 2. The van der Waals surface area contributed by atoms with Crippen molar-refractivity contribution >= 4 is 17.6 Å². The van der Waals surface area contributed by atoms with Crippen LogP contribution in [0.15, 0.2) is 59.5 Å². The average molecular weight is 395 g/mol. The normalized spacial score (nSPS) is 10.4. The summed E-state index contributed by atoms with van der Waals surface area (Å²) in [5.41, 5.74) is 1.89. The number of aromatic nitrogens is 2. The van der Waals surface area contributed by atoms with Crippen LogP contribution in [0.4, 0.5) is 5.69 Å². The second-order valence-corrected chi connectivity index (χ2v) is 6.17. The number of aryl methyl sites for hydroxylation is 1. The second-order valence-electron chi connectivity index (χ2n) is 6.17.